The number of unbranched alkanes of at least 4 members (excludes halogenated alkanes) is 1. The van der Waals surface area contributed by atoms with Crippen molar-refractivity contribution in [3.05, 3.63) is 0 Å². The van der Waals surface area contributed by atoms with E-state index in [2.05, 4.69) is 0 Å². The Bertz CT molecular complexity index is 183. The molecule has 0 atom stereocenters. The lowest BCUT2D eigenvalue weighted by atomic mass is 10.3. The summed E-state index contributed by atoms with van der Waals surface area (Å²) in [7, 11) is 0. The first-order valence-electron chi connectivity index (χ1n) is 3.94. The Balaban J connectivity index is 2.24. The molecule has 5 nitrogen and oxygen atoms in total. The summed E-state index contributed by atoms with van der Waals surface area (Å²) in [4.78, 5) is 22.5. The van der Waals surface area contributed by atoms with Gasteiger partial charge < -0.3 is 9.69 Å². The molecule has 0 unspecified atom stereocenters. The Hall–Kier alpha value is -1.10. The van der Waals surface area contributed by atoms with Crippen molar-refractivity contribution in [2.45, 2.75) is 12.8 Å². The number of hydroxylamine groups is 2. The highest BCUT2D eigenvalue weighted by Crippen LogP contribution is 2.06. The SMILES string of the molecule is O=CCCCN1CCN(O)C1=O. The van der Waals surface area contributed by atoms with Gasteiger partial charge in [-0.3, -0.25) is 5.21 Å². The van der Waals surface area contributed by atoms with Crippen molar-refractivity contribution in [3.63, 3.8) is 0 Å². The van der Waals surface area contributed by atoms with Gasteiger partial charge in [-0.15, -0.1) is 0 Å². The van der Waals surface area contributed by atoms with Gasteiger partial charge in [0.15, 0.2) is 0 Å². The summed E-state index contributed by atoms with van der Waals surface area (Å²) in [5.41, 5.74) is 0. The zero-order chi connectivity index (χ0) is 8.97. The second kappa shape index (κ2) is 4.06. The first-order chi connectivity index (χ1) is 5.75. The van der Waals surface area contributed by atoms with E-state index in [1.54, 1.807) is 0 Å². The van der Waals surface area contributed by atoms with Gasteiger partial charge in [-0.2, -0.15) is 0 Å². The molecule has 5 heteroatoms. The third-order valence-electron chi connectivity index (χ3n) is 1.82. The van der Waals surface area contributed by atoms with Gasteiger partial charge in [0.2, 0.25) is 0 Å². The highest BCUT2D eigenvalue weighted by atomic mass is 16.5. The molecule has 0 aromatic heterocycles. The lowest BCUT2D eigenvalue weighted by Gasteiger charge is -2.13. The van der Waals surface area contributed by atoms with E-state index in [1.165, 1.54) is 4.90 Å². The zero-order valence-corrected chi connectivity index (χ0v) is 6.77. The average molecular weight is 172 g/mol. The number of hydrogen-bond acceptors (Lipinski definition) is 3. The molecule has 1 heterocycles. The van der Waals surface area contributed by atoms with E-state index >= 15 is 0 Å². The van der Waals surface area contributed by atoms with Crippen molar-refractivity contribution in [3.8, 4) is 0 Å². The Morgan fingerprint density at radius 3 is 2.75 bits per heavy atom. The van der Waals surface area contributed by atoms with Gasteiger partial charge in [-0.25, -0.2) is 9.86 Å². The summed E-state index contributed by atoms with van der Waals surface area (Å²) in [5.74, 6) is 0. The van der Waals surface area contributed by atoms with Crippen LogP contribution in [0.3, 0.4) is 0 Å². The molecule has 0 bridgehead atoms. The van der Waals surface area contributed by atoms with Crippen LogP contribution in [-0.4, -0.2) is 47.1 Å². The van der Waals surface area contributed by atoms with Crippen molar-refractivity contribution < 1.29 is 14.8 Å². The molecule has 1 rings (SSSR count). The Morgan fingerprint density at radius 1 is 1.50 bits per heavy atom. The number of carbonyl (C=O) groups is 2. The number of hydrogen-bond donors (Lipinski definition) is 1. The summed E-state index contributed by atoms with van der Waals surface area (Å²) >= 11 is 0. The number of aldehydes is 1. The van der Waals surface area contributed by atoms with Crippen molar-refractivity contribution in [1.82, 2.24) is 9.96 Å². The number of carbonyl (C=O) groups excluding carboxylic acids is 2. The maximum Gasteiger partial charge on any atom is 0.343 e. The molecule has 0 saturated carbocycles. The monoisotopic (exact) mass is 172 g/mol. The number of urea groups is 1. The maximum absolute atomic E-state index is 11.0. The van der Waals surface area contributed by atoms with Crippen LogP contribution in [0.2, 0.25) is 0 Å². The van der Waals surface area contributed by atoms with Gasteiger partial charge >= 0.3 is 6.03 Å². The smallest absolute Gasteiger partial charge is 0.321 e. The Kier molecular flexibility index (Phi) is 3.04. The molecule has 0 aliphatic carbocycles. The van der Waals surface area contributed by atoms with Crippen molar-refractivity contribution in [2.24, 2.45) is 0 Å². The fourth-order valence-electron chi connectivity index (χ4n) is 1.14. The second-order valence-corrected chi connectivity index (χ2v) is 2.70. The van der Waals surface area contributed by atoms with E-state index in [0.717, 1.165) is 6.29 Å². The summed E-state index contributed by atoms with van der Waals surface area (Å²) < 4.78 is 0. The lowest BCUT2D eigenvalue weighted by Crippen LogP contribution is -2.30. The lowest BCUT2D eigenvalue weighted by molar-refractivity contribution is -0.107. The summed E-state index contributed by atoms with van der Waals surface area (Å²) in [6, 6.07) is -0.360. The molecular weight excluding hydrogens is 160 g/mol. The predicted octanol–water partition coefficient (Wildman–Crippen LogP) is 0.0923. The van der Waals surface area contributed by atoms with Crippen LogP contribution in [-0.2, 0) is 4.79 Å². The molecule has 1 aliphatic rings. The first-order valence-corrected chi connectivity index (χ1v) is 3.94. The van der Waals surface area contributed by atoms with E-state index < -0.39 is 0 Å². The largest absolute Gasteiger partial charge is 0.343 e. The molecule has 1 N–H and O–H groups in total. The fourth-order valence-corrected chi connectivity index (χ4v) is 1.14. The van der Waals surface area contributed by atoms with Gasteiger partial charge in [-0.1, -0.05) is 0 Å². The zero-order valence-electron chi connectivity index (χ0n) is 6.77. The van der Waals surface area contributed by atoms with Crippen molar-refractivity contribution >= 4 is 12.3 Å². The molecular formula is C7H12N2O3. The maximum atomic E-state index is 11.0. The molecule has 0 aromatic carbocycles. The van der Waals surface area contributed by atoms with Gasteiger partial charge in [0.1, 0.15) is 6.29 Å². The summed E-state index contributed by atoms with van der Waals surface area (Å²) in [6.07, 6.45) is 1.97. The van der Waals surface area contributed by atoms with Crippen LogP contribution in [0.25, 0.3) is 0 Å². The molecule has 1 fully saturated rings. The molecule has 2 amide bonds. The molecule has 68 valence electrons. The van der Waals surface area contributed by atoms with Crippen molar-refractivity contribution in [1.29, 1.82) is 0 Å². The van der Waals surface area contributed by atoms with E-state index in [1.807, 2.05) is 0 Å². The minimum Gasteiger partial charge on any atom is -0.321 e. The standard InChI is InChI=1S/C7H12N2O3/c10-6-2-1-3-8-4-5-9(12)7(8)11/h6,12H,1-5H2. The van der Waals surface area contributed by atoms with E-state index in [4.69, 9.17) is 5.21 Å². The minimum atomic E-state index is -0.360. The normalized spacial score (nSPS) is 17.2. The molecule has 0 radical (unpaired) electrons. The molecule has 1 saturated heterocycles. The van der Waals surface area contributed by atoms with Crippen LogP contribution in [0, 0.1) is 0 Å². The Morgan fingerprint density at radius 2 is 2.25 bits per heavy atom. The van der Waals surface area contributed by atoms with Crippen LogP contribution in [0.1, 0.15) is 12.8 Å². The topological polar surface area (TPSA) is 60.9 Å². The second-order valence-electron chi connectivity index (χ2n) is 2.70. The number of amides is 2. The molecule has 1 aliphatic heterocycles. The van der Waals surface area contributed by atoms with Crippen LogP contribution in [0.5, 0.6) is 0 Å². The first kappa shape index (κ1) is 8.99. The Labute approximate surface area is 70.5 Å². The quantitative estimate of drug-likeness (QED) is 0.371. The molecule has 12 heavy (non-hydrogen) atoms. The predicted molar refractivity (Wildman–Crippen MR) is 40.8 cm³/mol. The molecule has 0 spiro atoms. The third kappa shape index (κ3) is 1.94. The minimum absolute atomic E-state index is 0.360. The van der Waals surface area contributed by atoms with Crippen LogP contribution >= 0.6 is 0 Å². The summed E-state index contributed by atoms with van der Waals surface area (Å²) in [6.45, 7) is 1.46. The highest BCUT2D eigenvalue weighted by Gasteiger charge is 2.26. The number of rotatable bonds is 4. The van der Waals surface area contributed by atoms with Crippen LogP contribution < -0.4 is 0 Å². The van der Waals surface area contributed by atoms with Crippen LogP contribution in [0.4, 0.5) is 4.79 Å². The fraction of sp³-hybridized carbons (Fsp3) is 0.714. The van der Waals surface area contributed by atoms with Gasteiger partial charge in [-0.05, 0) is 6.42 Å². The number of nitrogens with zero attached hydrogens (tertiary/aromatic N) is 2. The molecule has 0 aromatic rings. The van der Waals surface area contributed by atoms with E-state index in [-0.39, 0.29) is 6.03 Å². The van der Waals surface area contributed by atoms with Gasteiger partial charge in [0, 0.05) is 19.5 Å². The van der Waals surface area contributed by atoms with Gasteiger partial charge in [0.25, 0.3) is 0 Å². The highest BCUT2D eigenvalue weighted by molar-refractivity contribution is 5.75. The van der Waals surface area contributed by atoms with E-state index in [9.17, 15) is 9.59 Å². The van der Waals surface area contributed by atoms with Gasteiger partial charge in [0.05, 0.1) is 6.54 Å². The third-order valence-corrected chi connectivity index (χ3v) is 1.82. The summed E-state index contributed by atoms with van der Waals surface area (Å²) in [5, 5.41) is 9.59. The van der Waals surface area contributed by atoms with Crippen LogP contribution in [0.15, 0.2) is 0 Å². The average Bonchev–Trinajstić information content (AvgIpc) is 2.36. The van der Waals surface area contributed by atoms with Crippen molar-refractivity contribution in [2.75, 3.05) is 19.6 Å². The van der Waals surface area contributed by atoms with E-state index in [0.29, 0.717) is 37.5 Å².